The molecule has 0 aromatic heterocycles. The summed E-state index contributed by atoms with van der Waals surface area (Å²) in [6.45, 7) is 10.6. The summed E-state index contributed by atoms with van der Waals surface area (Å²) < 4.78 is 10.9. The van der Waals surface area contributed by atoms with Crippen LogP contribution in [0.1, 0.15) is 53.9 Å². The van der Waals surface area contributed by atoms with Crippen molar-refractivity contribution in [2.24, 2.45) is 5.92 Å². The van der Waals surface area contributed by atoms with Crippen LogP contribution in [0, 0.1) is 17.2 Å². The molecule has 0 aromatic rings. The van der Waals surface area contributed by atoms with Crippen molar-refractivity contribution in [3.63, 3.8) is 0 Å². The Morgan fingerprint density at radius 3 is 2.50 bits per heavy atom. The van der Waals surface area contributed by atoms with Crippen molar-refractivity contribution in [2.75, 3.05) is 13.2 Å². The van der Waals surface area contributed by atoms with E-state index in [1.807, 2.05) is 26.8 Å². The molecule has 0 aromatic carbocycles. The van der Waals surface area contributed by atoms with E-state index in [9.17, 15) is 5.26 Å². The molecule has 22 heavy (non-hydrogen) atoms. The number of rotatable bonds is 11. The largest absolute Gasteiger partial charge is 0.392 e. The summed E-state index contributed by atoms with van der Waals surface area (Å²) in [6.07, 6.45) is 5.81. The van der Waals surface area contributed by atoms with Crippen molar-refractivity contribution in [3.05, 3.63) is 23.3 Å². The molecule has 2 unspecified atom stereocenters. The highest BCUT2D eigenvalue weighted by atomic mass is 16.7. The minimum atomic E-state index is -0.448. The molecule has 1 N–H and O–H groups in total. The molecule has 0 radical (unpaired) electrons. The summed E-state index contributed by atoms with van der Waals surface area (Å²) in [5, 5.41) is 18.0. The quantitative estimate of drug-likeness (QED) is 0.463. The Bertz CT molecular complexity index is 396. The summed E-state index contributed by atoms with van der Waals surface area (Å²) in [4.78, 5) is 0. The van der Waals surface area contributed by atoms with Gasteiger partial charge in [-0.2, -0.15) is 5.26 Å². The van der Waals surface area contributed by atoms with E-state index in [1.165, 1.54) is 11.1 Å². The van der Waals surface area contributed by atoms with E-state index in [0.717, 1.165) is 12.8 Å². The first-order valence-corrected chi connectivity index (χ1v) is 8.04. The number of allylic oxidation sites excluding steroid dienone is 3. The average Bonchev–Trinajstić information content (AvgIpc) is 2.46. The van der Waals surface area contributed by atoms with Gasteiger partial charge in [-0.15, -0.1) is 0 Å². The van der Waals surface area contributed by atoms with E-state index in [1.54, 1.807) is 0 Å². The third-order valence-corrected chi connectivity index (χ3v) is 3.69. The monoisotopic (exact) mass is 309 g/mol. The van der Waals surface area contributed by atoms with Gasteiger partial charge >= 0.3 is 0 Å². The zero-order valence-electron chi connectivity index (χ0n) is 14.6. The Morgan fingerprint density at radius 2 is 1.95 bits per heavy atom. The van der Waals surface area contributed by atoms with Gasteiger partial charge in [0.2, 0.25) is 0 Å². The zero-order chi connectivity index (χ0) is 17.0. The first-order chi connectivity index (χ1) is 10.4. The third-order valence-electron chi connectivity index (χ3n) is 3.69. The van der Waals surface area contributed by atoms with Crippen LogP contribution in [-0.2, 0) is 9.47 Å². The molecule has 4 heteroatoms. The van der Waals surface area contributed by atoms with Crippen molar-refractivity contribution in [1.82, 2.24) is 0 Å². The normalized spacial score (nSPS) is 17.0. The molecule has 0 spiro atoms. The molecule has 0 aliphatic heterocycles. The van der Waals surface area contributed by atoms with E-state index in [2.05, 4.69) is 26.0 Å². The highest BCUT2D eigenvalue weighted by molar-refractivity contribution is 5.07. The molecule has 0 bridgehead atoms. The number of aliphatic hydroxyl groups excluding tert-OH is 1. The summed E-state index contributed by atoms with van der Waals surface area (Å²) in [6, 6.07) is 2.20. The lowest BCUT2D eigenvalue weighted by Gasteiger charge is -2.20. The van der Waals surface area contributed by atoms with E-state index in [0.29, 0.717) is 18.9 Å². The molecule has 0 saturated heterocycles. The maximum absolute atomic E-state index is 9.20. The van der Waals surface area contributed by atoms with Gasteiger partial charge in [0.1, 0.15) is 6.10 Å². The highest BCUT2D eigenvalue weighted by Gasteiger charge is 2.17. The molecular weight excluding hydrogens is 278 g/mol. The Balaban J connectivity index is 4.34. The molecule has 0 saturated carbocycles. The number of nitriles is 1. The summed E-state index contributed by atoms with van der Waals surface area (Å²) >= 11 is 0. The van der Waals surface area contributed by atoms with Gasteiger partial charge in [-0.25, -0.2) is 0 Å². The SMILES string of the molecule is CCOC(C)OC(C#N)C[C@@H](C)/C(C)=C/CC/C(C)=C/CO. The fraction of sp³-hybridized carbons (Fsp3) is 0.722. The lowest BCUT2D eigenvalue weighted by molar-refractivity contribution is -0.146. The van der Waals surface area contributed by atoms with Gasteiger partial charge in [0.25, 0.3) is 0 Å². The molecular formula is C18H31NO3. The van der Waals surface area contributed by atoms with Gasteiger partial charge in [-0.1, -0.05) is 30.2 Å². The van der Waals surface area contributed by atoms with Crippen molar-refractivity contribution >= 4 is 0 Å². The summed E-state index contributed by atoms with van der Waals surface area (Å²) in [5.74, 6) is 0.292. The zero-order valence-corrected chi connectivity index (χ0v) is 14.6. The van der Waals surface area contributed by atoms with Gasteiger partial charge in [-0.3, -0.25) is 0 Å². The molecule has 4 nitrogen and oxygen atoms in total. The minimum Gasteiger partial charge on any atom is -0.392 e. The lowest BCUT2D eigenvalue weighted by Crippen LogP contribution is -2.23. The second-order valence-corrected chi connectivity index (χ2v) is 5.63. The number of hydrogen-bond acceptors (Lipinski definition) is 4. The Hall–Kier alpha value is -1.15. The van der Waals surface area contributed by atoms with Crippen LogP contribution in [0.4, 0.5) is 0 Å². The predicted octanol–water partition coefficient (Wildman–Crippen LogP) is 3.97. The molecule has 0 aliphatic rings. The van der Waals surface area contributed by atoms with Crippen LogP contribution < -0.4 is 0 Å². The average molecular weight is 309 g/mol. The molecule has 0 heterocycles. The molecule has 0 rings (SSSR count). The Kier molecular flexibility index (Phi) is 11.8. The van der Waals surface area contributed by atoms with E-state index in [-0.39, 0.29) is 12.9 Å². The molecule has 0 amide bonds. The van der Waals surface area contributed by atoms with Gasteiger partial charge in [0.15, 0.2) is 6.29 Å². The number of nitrogens with zero attached hydrogens (tertiary/aromatic N) is 1. The third kappa shape index (κ3) is 9.73. The van der Waals surface area contributed by atoms with Gasteiger partial charge in [-0.05, 0) is 52.9 Å². The number of ether oxygens (including phenoxy) is 2. The molecule has 0 aliphatic carbocycles. The van der Waals surface area contributed by atoms with Crippen molar-refractivity contribution < 1.29 is 14.6 Å². The second kappa shape index (κ2) is 12.4. The van der Waals surface area contributed by atoms with Gasteiger partial charge in [0, 0.05) is 6.61 Å². The van der Waals surface area contributed by atoms with Crippen LogP contribution >= 0.6 is 0 Å². The van der Waals surface area contributed by atoms with E-state index >= 15 is 0 Å². The highest BCUT2D eigenvalue weighted by Crippen LogP contribution is 2.20. The smallest absolute Gasteiger partial charge is 0.156 e. The first-order valence-electron chi connectivity index (χ1n) is 8.04. The maximum atomic E-state index is 9.20. The fourth-order valence-electron chi connectivity index (χ4n) is 2.14. The number of aliphatic hydroxyl groups is 1. The standard InChI is InChI=1S/C18H31NO3/c1-6-21-17(5)22-18(13-19)12-16(4)15(3)9-7-8-14(2)10-11-20/h9-10,16-18,20H,6-8,11-12H2,1-5H3/b14-10+,15-9+/t16-,17?,18?/m1/s1. The summed E-state index contributed by atoms with van der Waals surface area (Å²) in [7, 11) is 0. The second-order valence-electron chi connectivity index (χ2n) is 5.63. The van der Waals surface area contributed by atoms with Gasteiger partial charge < -0.3 is 14.6 Å². The minimum absolute atomic E-state index is 0.101. The number of hydrogen-bond donors (Lipinski definition) is 1. The van der Waals surface area contributed by atoms with Crippen molar-refractivity contribution in [3.8, 4) is 6.07 Å². The Morgan fingerprint density at radius 1 is 1.27 bits per heavy atom. The van der Waals surface area contributed by atoms with E-state index < -0.39 is 6.10 Å². The topological polar surface area (TPSA) is 62.5 Å². The van der Waals surface area contributed by atoms with Crippen LogP contribution in [-0.4, -0.2) is 30.7 Å². The van der Waals surface area contributed by atoms with Crippen molar-refractivity contribution in [2.45, 2.75) is 66.3 Å². The Labute approximate surface area is 135 Å². The molecule has 3 atom stereocenters. The van der Waals surface area contributed by atoms with Crippen LogP contribution in [0.2, 0.25) is 0 Å². The molecule has 126 valence electrons. The van der Waals surface area contributed by atoms with Crippen LogP contribution in [0.25, 0.3) is 0 Å². The van der Waals surface area contributed by atoms with Gasteiger partial charge in [0.05, 0.1) is 12.7 Å². The maximum Gasteiger partial charge on any atom is 0.156 e. The van der Waals surface area contributed by atoms with Crippen LogP contribution in [0.3, 0.4) is 0 Å². The van der Waals surface area contributed by atoms with Crippen LogP contribution in [0.5, 0.6) is 0 Å². The van der Waals surface area contributed by atoms with E-state index in [4.69, 9.17) is 14.6 Å². The summed E-state index contributed by atoms with van der Waals surface area (Å²) in [5.41, 5.74) is 2.47. The fourth-order valence-corrected chi connectivity index (χ4v) is 2.14. The molecule has 0 fully saturated rings. The van der Waals surface area contributed by atoms with Crippen LogP contribution in [0.15, 0.2) is 23.3 Å². The van der Waals surface area contributed by atoms with Crippen molar-refractivity contribution in [1.29, 1.82) is 5.26 Å². The lowest BCUT2D eigenvalue weighted by atomic mass is 9.95. The first kappa shape index (κ1) is 20.9. The predicted molar refractivity (Wildman–Crippen MR) is 89.2 cm³/mol.